The quantitative estimate of drug-likeness (QED) is 0.663. The highest BCUT2D eigenvalue weighted by Gasteiger charge is 2.31. The summed E-state index contributed by atoms with van der Waals surface area (Å²) in [5.74, 6) is 3.00. The summed E-state index contributed by atoms with van der Waals surface area (Å²) in [7, 11) is 1.82. The number of thiol groups is 1. The molecule has 28 heavy (non-hydrogen) atoms. The zero-order valence-corrected chi connectivity index (χ0v) is 16.8. The van der Waals surface area contributed by atoms with Crippen molar-refractivity contribution in [2.45, 2.75) is 19.3 Å². The molecule has 1 amide bonds. The van der Waals surface area contributed by atoms with Crippen LogP contribution in [0.25, 0.3) is 22.2 Å². The first-order chi connectivity index (χ1) is 13.7. The van der Waals surface area contributed by atoms with Crippen LogP contribution >= 0.6 is 11.2 Å². The lowest BCUT2D eigenvalue weighted by molar-refractivity contribution is -0.117. The number of hydrogen-bond donors (Lipinski definition) is 2. The Kier molecular flexibility index (Phi) is 4.56. The number of nitrogens with zero attached hydrogens (tertiary/aromatic N) is 3. The summed E-state index contributed by atoms with van der Waals surface area (Å²) >= 11 is -0.249. The van der Waals surface area contributed by atoms with E-state index in [9.17, 15) is 4.79 Å². The molecular weight excluding hydrogens is 372 g/mol. The van der Waals surface area contributed by atoms with Crippen LogP contribution in [0.2, 0.25) is 0 Å². The topological polar surface area (TPSA) is 71.1 Å². The third-order valence-electron chi connectivity index (χ3n) is 5.86. The highest BCUT2D eigenvalue weighted by molar-refractivity contribution is 8.12. The third-order valence-corrected chi connectivity index (χ3v) is 7.89. The molecule has 0 saturated carbocycles. The molecule has 2 aliphatic rings. The Morgan fingerprint density at radius 3 is 2.82 bits per heavy atom. The molecule has 5 rings (SSSR count). The van der Waals surface area contributed by atoms with Gasteiger partial charge in [0.05, 0.1) is 17.8 Å². The van der Waals surface area contributed by atoms with E-state index >= 15 is 0 Å². The van der Waals surface area contributed by atoms with Gasteiger partial charge in [-0.2, -0.15) is 0 Å². The zero-order chi connectivity index (χ0) is 19.1. The largest absolute Gasteiger partial charge is 0.346 e. The van der Waals surface area contributed by atoms with E-state index in [1.807, 2.05) is 36.7 Å². The number of amides is 1. The van der Waals surface area contributed by atoms with Gasteiger partial charge < -0.3 is 14.1 Å². The van der Waals surface area contributed by atoms with Crippen molar-refractivity contribution in [1.82, 2.24) is 15.0 Å². The number of anilines is 1. The standard InChI is InChI=1S/C21H24N4O2S/c1-27-28-6-3-14(4-7-28)13-25-19-9-17(11-23-18(19)10-20(25)26)16-8-15-2-5-22-21(15)24-12-16/h2,5,8-9,11-12,14,28H,3-4,6-7,10,13H2,1H3,(H,22,24). The normalized spacial score (nSPS) is 23.3. The minimum Gasteiger partial charge on any atom is -0.346 e. The molecule has 0 radical (unpaired) electrons. The molecule has 0 atom stereocenters. The van der Waals surface area contributed by atoms with Gasteiger partial charge in [-0.25, -0.2) is 4.98 Å². The Bertz CT molecular complexity index is 1030. The van der Waals surface area contributed by atoms with Crippen molar-refractivity contribution in [3.8, 4) is 11.1 Å². The van der Waals surface area contributed by atoms with Gasteiger partial charge in [-0.15, -0.1) is 11.2 Å². The first-order valence-corrected chi connectivity index (χ1v) is 11.4. The second-order valence-electron chi connectivity index (χ2n) is 7.57. The van der Waals surface area contributed by atoms with Crippen LogP contribution in [0.3, 0.4) is 0 Å². The number of H-pyrrole nitrogens is 1. The van der Waals surface area contributed by atoms with Crippen LogP contribution < -0.4 is 4.90 Å². The van der Waals surface area contributed by atoms with Crippen molar-refractivity contribution in [3.63, 3.8) is 0 Å². The van der Waals surface area contributed by atoms with Crippen molar-refractivity contribution < 1.29 is 8.98 Å². The fourth-order valence-electron chi connectivity index (χ4n) is 4.21. The fraction of sp³-hybridized carbons (Fsp3) is 0.381. The maximum Gasteiger partial charge on any atom is 0.233 e. The van der Waals surface area contributed by atoms with Crippen molar-refractivity contribution in [2.75, 3.05) is 30.1 Å². The van der Waals surface area contributed by atoms with Crippen LogP contribution in [0.15, 0.2) is 36.8 Å². The highest BCUT2D eigenvalue weighted by atomic mass is 32.2. The summed E-state index contributed by atoms with van der Waals surface area (Å²) in [4.78, 5) is 26.8. The van der Waals surface area contributed by atoms with Crippen LogP contribution in [-0.4, -0.2) is 46.0 Å². The first kappa shape index (κ1) is 17.7. The van der Waals surface area contributed by atoms with Crippen molar-refractivity contribution >= 4 is 33.8 Å². The van der Waals surface area contributed by atoms with Gasteiger partial charge in [0, 0.05) is 48.8 Å². The number of pyridine rings is 2. The SMILES string of the molecule is CO[SH]1CCC(CN2C(=O)Cc3ncc(-c4cnc5[nH]ccc5c4)cc32)CC1. The van der Waals surface area contributed by atoms with Gasteiger partial charge in [0.15, 0.2) is 0 Å². The molecule has 3 aromatic rings. The second kappa shape index (κ2) is 7.22. The second-order valence-corrected chi connectivity index (χ2v) is 9.79. The molecule has 0 aromatic carbocycles. The summed E-state index contributed by atoms with van der Waals surface area (Å²) in [5, 5.41) is 1.07. The predicted molar refractivity (Wildman–Crippen MR) is 114 cm³/mol. The van der Waals surface area contributed by atoms with Gasteiger partial charge in [0.25, 0.3) is 0 Å². The summed E-state index contributed by atoms with van der Waals surface area (Å²) in [5.41, 5.74) is 4.75. The van der Waals surface area contributed by atoms with Gasteiger partial charge in [-0.1, -0.05) is 0 Å². The molecule has 7 heteroatoms. The minimum absolute atomic E-state index is 0.165. The number of fused-ring (bicyclic) bond motifs is 2. The average Bonchev–Trinajstić information content (AvgIpc) is 3.32. The lowest BCUT2D eigenvalue weighted by Crippen LogP contribution is -2.34. The zero-order valence-electron chi connectivity index (χ0n) is 15.9. The number of carbonyl (C=O) groups is 1. The summed E-state index contributed by atoms with van der Waals surface area (Å²) in [6.07, 6.45) is 8.29. The lowest BCUT2D eigenvalue weighted by Gasteiger charge is -2.32. The number of nitrogens with one attached hydrogen (secondary N) is 1. The van der Waals surface area contributed by atoms with Crippen LogP contribution in [0.5, 0.6) is 0 Å². The average molecular weight is 397 g/mol. The van der Waals surface area contributed by atoms with E-state index in [0.29, 0.717) is 12.3 Å². The van der Waals surface area contributed by atoms with E-state index in [2.05, 4.69) is 27.1 Å². The fourth-order valence-corrected chi connectivity index (χ4v) is 6.11. The van der Waals surface area contributed by atoms with Gasteiger partial charge in [-0.05, 0) is 48.5 Å². The molecule has 0 bridgehead atoms. The van der Waals surface area contributed by atoms with Gasteiger partial charge in [0.2, 0.25) is 5.91 Å². The van der Waals surface area contributed by atoms with Crippen LogP contribution in [0.1, 0.15) is 18.5 Å². The Morgan fingerprint density at radius 1 is 1.21 bits per heavy atom. The monoisotopic (exact) mass is 396 g/mol. The van der Waals surface area contributed by atoms with Gasteiger partial charge in [0.1, 0.15) is 5.65 Å². The molecule has 6 nitrogen and oxygen atoms in total. The number of carbonyl (C=O) groups excluding carboxylic acids is 1. The molecule has 2 aliphatic heterocycles. The van der Waals surface area contributed by atoms with E-state index < -0.39 is 0 Å². The molecule has 0 aliphatic carbocycles. The molecule has 1 N–H and O–H groups in total. The smallest absolute Gasteiger partial charge is 0.233 e. The third kappa shape index (κ3) is 3.18. The van der Waals surface area contributed by atoms with E-state index in [4.69, 9.17) is 4.18 Å². The molecule has 5 heterocycles. The molecular formula is C21H24N4O2S. The van der Waals surface area contributed by atoms with E-state index in [-0.39, 0.29) is 17.1 Å². The number of aromatic amines is 1. The van der Waals surface area contributed by atoms with Gasteiger partial charge in [-0.3, -0.25) is 9.78 Å². The van der Waals surface area contributed by atoms with Crippen LogP contribution in [-0.2, 0) is 15.4 Å². The first-order valence-electron chi connectivity index (χ1n) is 9.73. The van der Waals surface area contributed by atoms with E-state index in [0.717, 1.165) is 64.4 Å². The summed E-state index contributed by atoms with van der Waals surface area (Å²) in [6, 6.07) is 6.23. The Labute approximate surface area is 166 Å². The van der Waals surface area contributed by atoms with Crippen molar-refractivity contribution in [2.24, 2.45) is 5.92 Å². The Balaban J connectivity index is 1.41. The maximum atomic E-state index is 12.7. The predicted octanol–water partition coefficient (Wildman–Crippen LogP) is 3.49. The molecule has 0 spiro atoms. The molecule has 1 fully saturated rings. The molecule has 146 valence electrons. The minimum atomic E-state index is -0.249. The lowest BCUT2D eigenvalue weighted by atomic mass is 10.0. The van der Waals surface area contributed by atoms with E-state index in [1.54, 1.807) is 0 Å². The van der Waals surface area contributed by atoms with Crippen molar-refractivity contribution in [1.29, 1.82) is 0 Å². The number of rotatable bonds is 4. The molecule has 0 unspecified atom stereocenters. The molecule has 3 aromatic heterocycles. The number of aromatic nitrogens is 3. The summed E-state index contributed by atoms with van der Waals surface area (Å²) in [6.45, 7) is 0.791. The number of hydrogen-bond acceptors (Lipinski definition) is 4. The van der Waals surface area contributed by atoms with E-state index in [1.165, 1.54) is 0 Å². The van der Waals surface area contributed by atoms with Crippen molar-refractivity contribution in [3.05, 3.63) is 42.5 Å². The van der Waals surface area contributed by atoms with Gasteiger partial charge >= 0.3 is 0 Å². The highest BCUT2D eigenvalue weighted by Crippen LogP contribution is 2.38. The Morgan fingerprint density at radius 2 is 2.00 bits per heavy atom. The van der Waals surface area contributed by atoms with Crippen LogP contribution in [0, 0.1) is 5.92 Å². The summed E-state index contributed by atoms with van der Waals surface area (Å²) < 4.78 is 5.54. The maximum absolute atomic E-state index is 12.7. The Hall–Kier alpha value is -2.38. The molecule has 1 saturated heterocycles. The van der Waals surface area contributed by atoms with Crippen LogP contribution in [0.4, 0.5) is 5.69 Å².